The van der Waals surface area contributed by atoms with Crippen LogP contribution in [0.4, 0.5) is 0 Å². The highest BCUT2D eigenvalue weighted by Gasteiger charge is 1.53. The van der Waals surface area contributed by atoms with Gasteiger partial charge in [0.05, 0.1) is 19.8 Å². The molecule has 2 heteroatoms. The van der Waals surface area contributed by atoms with E-state index >= 15 is 0 Å². The predicted molar refractivity (Wildman–Crippen MR) is 40.2 cm³/mol. The second kappa shape index (κ2) is 6.88. The molecule has 0 N–H and O–H groups in total. The van der Waals surface area contributed by atoms with Crippen molar-refractivity contribution in [1.29, 1.82) is 0 Å². The fourth-order valence-corrected chi connectivity index (χ4v) is 0.236. The standard InChI is InChI=1S/C7H5NS/c1-2-3-4-5-6-7-8-9/h2-3H,1H3/i3D. The molecule has 0 aliphatic carbocycles. The monoisotopic (exact) mass is 136 g/mol. The third-order valence-corrected chi connectivity index (χ3v) is 0.534. The molecule has 0 spiro atoms. The molecular weight excluding hydrogens is 130 g/mol. The average Bonchev–Trinajstić information content (AvgIpc) is 1.98. The summed E-state index contributed by atoms with van der Waals surface area (Å²) in [7, 11) is 0. The summed E-state index contributed by atoms with van der Waals surface area (Å²) in [6.07, 6.45) is 1.58. The lowest BCUT2D eigenvalue weighted by molar-refractivity contribution is 1.76. The molecule has 0 saturated heterocycles. The molecule has 0 saturated carbocycles. The minimum atomic E-state index is 0.249. The van der Waals surface area contributed by atoms with Crippen molar-refractivity contribution in [3.63, 3.8) is 0 Å². The molecule has 1 nitrogen and oxygen atoms in total. The Morgan fingerprint density at radius 3 is 3.00 bits per heavy atom. The van der Waals surface area contributed by atoms with E-state index in [1.165, 1.54) is 0 Å². The van der Waals surface area contributed by atoms with Crippen LogP contribution in [-0.2, 0) is 12.4 Å². The molecule has 0 aromatic carbocycles. The van der Waals surface area contributed by atoms with Crippen LogP contribution in [0.5, 0.6) is 0 Å². The van der Waals surface area contributed by atoms with Gasteiger partial charge in [-0.2, -0.15) is 0 Å². The average molecular weight is 136 g/mol. The van der Waals surface area contributed by atoms with Gasteiger partial charge < -0.3 is 0 Å². The summed E-state index contributed by atoms with van der Waals surface area (Å²) in [6.45, 7) is 1.74. The predicted octanol–water partition coefficient (Wildman–Crippen LogP) is 1.26. The first kappa shape index (κ1) is 6.01. The Hall–Kier alpha value is -1.12. The Balaban J connectivity index is 4.05. The molecule has 0 bridgehead atoms. The van der Waals surface area contributed by atoms with E-state index in [2.05, 4.69) is 40.6 Å². The van der Waals surface area contributed by atoms with Gasteiger partial charge in [0.15, 0.2) is 0 Å². The normalized spacial score (nSPS) is 9.44. The molecule has 0 amide bonds. The van der Waals surface area contributed by atoms with Gasteiger partial charge in [-0.15, -0.1) is 4.36 Å². The first-order valence-corrected chi connectivity index (χ1v) is 2.64. The number of hydrogen-bond acceptors (Lipinski definition) is 2. The van der Waals surface area contributed by atoms with E-state index in [1.54, 1.807) is 13.0 Å². The zero-order valence-electron chi connectivity index (χ0n) is 5.93. The van der Waals surface area contributed by atoms with E-state index < -0.39 is 0 Å². The summed E-state index contributed by atoms with van der Waals surface area (Å²) in [4.78, 5) is 0. The minimum absolute atomic E-state index is 0.249. The third kappa shape index (κ3) is 6.88. The highest BCUT2D eigenvalue weighted by atomic mass is 32.1. The van der Waals surface area contributed by atoms with Crippen molar-refractivity contribution in [2.75, 3.05) is 0 Å². The van der Waals surface area contributed by atoms with E-state index in [0.717, 1.165) is 0 Å². The van der Waals surface area contributed by atoms with Gasteiger partial charge in [-0.05, 0) is 18.9 Å². The van der Waals surface area contributed by atoms with Crippen LogP contribution >= 0.6 is 0 Å². The van der Waals surface area contributed by atoms with E-state index in [-0.39, 0.29) is 6.05 Å². The van der Waals surface area contributed by atoms with Gasteiger partial charge in [-0.3, -0.25) is 0 Å². The topological polar surface area (TPSA) is 12.4 Å². The second-order valence-corrected chi connectivity index (χ2v) is 1.19. The summed E-state index contributed by atoms with van der Waals surface area (Å²) in [5.74, 6) is 7.23. The quantitative estimate of drug-likeness (QED) is 0.457. The Bertz CT molecular complexity index is 259. The van der Waals surface area contributed by atoms with Crippen molar-refractivity contribution < 1.29 is 1.37 Å². The lowest BCUT2D eigenvalue weighted by Gasteiger charge is -1.57. The smallest absolute Gasteiger partial charge is 0.0717 e. The van der Waals surface area contributed by atoms with E-state index in [9.17, 15) is 0 Å². The second-order valence-electron chi connectivity index (χ2n) is 1.01. The third-order valence-electron chi connectivity index (χ3n) is 0.443. The van der Waals surface area contributed by atoms with Crippen molar-refractivity contribution in [1.82, 2.24) is 0 Å². The molecule has 0 aromatic heterocycles. The highest BCUT2D eigenvalue weighted by Crippen LogP contribution is 1.63. The maximum absolute atomic E-state index is 7.02. The van der Waals surface area contributed by atoms with Crippen molar-refractivity contribution in [3.8, 4) is 23.8 Å². The molecule has 0 fully saturated rings. The minimum Gasteiger partial charge on any atom is -0.128 e. The van der Waals surface area contributed by atoms with Crippen LogP contribution in [0.25, 0.3) is 0 Å². The fourth-order valence-electron chi connectivity index (χ4n) is 0.190. The van der Waals surface area contributed by atoms with Gasteiger partial charge in [0, 0.05) is 5.92 Å². The van der Waals surface area contributed by atoms with Crippen LogP contribution in [0.2, 0.25) is 0 Å². The molecule has 0 heterocycles. The first-order valence-electron chi connectivity index (χ1n) is 2.77. The Kier molecular flexibility index (Phi) is 4.59. The Morgan fingerprint density at radius 1 is 1.67 bits per heavy atom. The first-order chi connectivity index (χ1) is 4.81. The molecule has 0 unspecified atom stereocenters. The lowest BCUT2D eigenvalue weighted by atomic mass is 10.5. The molecule has 0 aliphatic rings. The number of hydrogen-bond donors (Lipinski definition) is 0. The molecule has 0 aliphatic heterocycles. The summed E-state index contributed by atoms with van der Waals surface area (Å²) in [5, 5.41) is 0. The van der Waals surface area contributed by atoms with Gasteiger partial charge in [0.25, 0.3) is 0 Å². The maximum atomic E-state index is 7.02. The summed E-state index contributed by atoms with van der Waals surface area (Å²) >= 11 is 4.18. The molecule has 44 valence electrons. The summed E-state index contributed by atoms with van der Waals surface area (Å²) < 4.78 is 10.1. The van der Waals surface area contributed by atoms with Crippen LogP contribution in [0.15, 0.2) is 16.5 Å². The van der Waals surface area contributed by atoms with E-state index in [0.29, 0.717) is 0 Å². The molecular formula is C7H5NS. The molecule has 0 radical (unpaired) electrons. The summed E-state index contributed by atoms with van der Waals surface area (Å²) in [5.41, 5.74) is 0. The number of allylic oxidation sites excluding steroid dienone is 2. The number of rotatable bonds is 0. The summed E-state index contributed by atoms with van der Waals surface area (Å²) in [6, 6.07) is 2.48. The highest BCUT2D eigenvalue weighted by molar-refractivity contribution is 7.47. The molecule has 9 heavy (non-hydrogen) atoms. The maximum Gasteiger partial charge on any atom is 0.0717 e. The largest absolute Gasteiger partial charge is 0.128 e. The molecule has 0 rings (SSSR count). The fraction of sp³-hybridized carbons (Fsp3) is 0.143. The van der Waals surface area contributed by atoms with Crippen molar-refractivity contribution in [2.45, 2.75) is 6.92 Å². The SMILES string of the molecule is [2H]C(C#CC#CN=S)=CC. The van der Waals surface area contributed by atoms with Crippen molar-refractivity contribution in [3.05, 3.63) is 12.1 Å². The van der Waals surface area contributed by atoms with Crippen LogP contribution in [0.1, 0.15) is 8.29 Å². The van der Waals surface area contributed by atoms with Crippen LogP contribution in [0.3, 0.4) is 0 Å². The van der Waals surface area contributed by atoms with Gasteiger partial charge in [-0.1, -0.05) is 12.0 Å². The van der Waals surface area contributed by atoms with Crippen molar-refractivity contribution >= 4 is 12.4 Å². The zero-order valence-corrected chi connectivity index (χ0v) is 5.75. The van der Waals surface area contributed by atoms with Crippen molar-refractivity contribution in [2.24, 2.45) is 4.36 Å². The van der Waals surface area contributed by atoms with Crippen LogP contribution in [0, 0.1) is 23.8 Å². The van der Waals surface area contributed by atoms with Crippen LogP contribution < -0.4 is 0 Å². The van der Waals surface area contributed by atoms with Gasteiger partial charge >= 0.3 is 0 Å². The van der Waals surface area contributed by atoms with E-state index in [1.807, 2.05) is 0 Å². The Morgan fingerprint density at radius 2 is 2.44 bits per heavy atom. The number of nitrogens with zero attached hydrogens (tertiary/aromatic N) is 1. The van der Waals surface area contributed by atoms with Gasteiger partial charge in [-0.25, -0.2) is 0 Å². The molecule has 0 aromatic rings. The lowest BCUT2D eigenvalue weighted by Crippen LogP contribution is -1.49. The van der Waals surface area contributed by atoms with Gasteiger partial charge in [0.2, 0.25) is 0 Å². The van der Waals surface area contributed by atoms with Crippen LogP contribution in [-0.4, -0.2) is 0 Å². The van der Waals surface area contributed by atoms with Gasteiger partial charge in [0.1, 0.15) is 0 Å². The molecule has 0 atom stereocenters. The Labute approximate surface area is 61.7 Å². The zero-order chi connectivity index (χ0) is 7.82. The van der Waals surface area contributed by atoms with E-state index in [4.69, 9.17) is 1.37 Å².